The highest BCUT2D eigenvalue weighted by atomic mass is 16.5. The number of hydrogen-bond donors (Lipinski definition) is 2. The monoisotopic (exact) mass is 354 g/mol. The Hall–Kier alpha value is -3.16. The van der Waals surface area contributed by atoms with Crippen LogP contribution < -0.4 is 10.1 Å². The fourth-order valence-electron chi connectivity index (χ4n) is 2.78. The molecule has 2 N–H and O–H groups in total. The molecular weight excluding hydrogens is 332 g/mol. The molecule has 0 aliphatic carbocycles. The molecule has 0 aromatic carbocycles. The van der Waals surface area contributed by atoms with Crippen LogP contribution in [0.2, 0.25) is 0 Å². The Labute approximate surface area is 151 Å². The van der Waals surface area contributed by atoms with Crippen molar-refractivity contribution in [3.05, 3.63) is 47.0 Å². The second kappa shape index (κ2) is 7.38. The maximum atomic E-state index is 12.4. The summed E-state index contributed by atoms with van der Waals surface area (Å²) in [5.74, 6) is 0.323. The Balaban J connectivity index is 1.70. The highest BCUT2D eigenvalue weighted by Gasteiger charge is 2.17. The largest absolute Gasteiger partial charge is 0.478 e. The lowest BCUT2D eigenvalue weighted by atomic mass is 10.1. The molecule has 0 fully saturated rings. The fraction of sp³-hybridized carbons (Fsp3) is 0.333. The van der Waals surface area contributed by atoms with Crippen LogP contribution in [0.4, 0.5) is 0 Å². The SMILES string of the molecule is CCOc1cc(CNC(=O)c2cc(-c3c(C)nn(C)c3C)n[nH]2)ccn1. The number of nitrogens with zero attached hydrogens (tertiary/aromatic N) is 4. The lowest BCUT2D eigenvalue weighted by Crippen LogP contribution is -2.23. The molecule has 0 atom stereocenters. The predicted octanol–water partition coefficient (Wildman–Crippen LogP) is 2.15. The number of carbonyl (C=O) groups is 1. The second-order valence-electron chi connectivity index (χ2n) is 5.95. The van der Waals surface area contributed by atoms with Crippen LogP contribution >= 0.6 is 0 Å². The number of pyridine rings is 1. The van der Waals surface area contributed by atoms with Gasteiger partial charge in [-0.1, -0.05) is 0 Å². The molecule has 0 spiro atoms. The van der Waals surface area contributed by atoms with Gasteiger partial charge in [-0.05, 0) is 38.5 Å². The van der Waals surface area contributed by atoms with Crippen molar-refractivity contribution in [1.82, 2.24) is 30.3 Å². The van der Waals surface area contributed by atoms with E-state index in [1.807, 2.05) is 40.0 Å². The van der Waals surface area contributed by atoms with Crippen molar-refractivity contribution in [3.63, 3.8) is 0 Å². The molecule has 0 saturated heterocycles. The molecule has 3 heterocycles. The van der Waals surface area contributed by atoms with E-state index in [0.717, 1.165) is 22.5 Å². The van der Waals surface area contributed by atoms with E-state index >= 15 is 0 Å². The van der Waals surface area contributed by atoms with Crippen molar-refractivity contribution < 1.29 is 9.53 Å². The lowest BCUT2D eigenvalue weighted by molar-refractivity contribution is 0.0946. The number of aryl methyl sites for hydroxylation is 2. The van der Waals surface area contributed by atoms with Crippen molar-refractivity contribution in [2.45, 2.75) is 27.3 Å². The van der Waals surface area contributed by atoms with Crippen LogP contribution in [0.1, 0.15) is 34.4 Å². The van der Waals surface area contributed by atoms with Gasteiger partial charge >= 0.3 is 0 Å². The van der Waals surface area contributed by atoms with E-state index in [4.69, 9.17) is 4.74 Å². The van der Waals surface area contributed by atoms with Crippen LogP contribution in [0.25, 0.3) is 11.3 Å². The van der Waals surface area contributed by atoms with Crippen LogP contribution in [0.3, 0.4) is 0 Å². The van der Waals surface area contributed by atoms with Crippen molar-refractivity contribution in [1.29, 1.82) is 0 Å². The number of nitrogens with one attached hydrogen (secondary N) is 2. The van der Waals surface area contributed by atoms with E-state index in [2.05, 4.69) is 25.6 Å². The molecule has 0 radical (unpaired) electrons. The number of carbonyl (C=O) groups excluding carboxylic acids is 1. The van der Waals surface area contributed by atoms with Crippen LogP contribution in [0.15, 0.2) is 24.4 Å². The molecule has 0 unspecified atom stereocenters. The topological polar surface area (TPSA) is 97.7 Å². The number of aromatic nitrogens is 5. The minimum Gasteiger partial charge on any atom is -0.478 e. The second-order valence-corrected chi connectivity index (χ2v) is 5.95. The van der Waals surface area contributed by atoms with E-state index in [0.29, 0.717) is 30.4 Å². The molecule has 8 nitrogen and oxygen atoms in total. The summed E-state index contributed by atoms with van der Waals surface area (Å²) in [7, 11) is 1.89. The molecule has 1 amide bonds. The molecule has 3 aromatic heterocycles. The Morgan fingerprint density at radius 2 is 2.15 bits per heavy atom. The normalized spacial score (nSPS) is 10.8. The van der Waals surface area contributed by atoms with Gasteiger partial charge < -0.3 is 10.1 Å². The van der Waals surface area contributed by atoms with Gasteiger partial charge in [0.1, 0.15) is 5.69 Å². The number of amides is 1. The fourth-order valence-corrected chi connectivity index (χ4v) is 2.78. The smallest absolute Gasteiger partial charge is 0.269 e. The molecule has 0 aliphatic rings. The van der Waals surface area contributed by atoms with Gasteiger partial charge in [0.15, 0.2) is 0 Å². The Morgan fingerprint density at radius 3 is 2.85 bits per heavy atom. The Bertz CT molecular complexity index is 928. The van der Waals surface area contributed by atoms with E-state index in [-0.39, 0.29) is 5.91 Å². The van der Waals surface area contributed by atoms with E-state index in [9.17, 15) is 4.79 Å². The number of hydrogen-bond acceptors (Lipinski definition) is 5. The first-order valence-electron chi connectivity index (χ1n) is 8.41. The first-order chi connectivity index (χ1) is 12.5. The molecule has 3 aromatic rings. The summed E-state index contributed by atoms with van der Waals surface area (Å²) in [6.07, 6.45) is 1.66. The zero-order valence-corrected chi connectivity index (χ0v) is 15.3. The first kappa shape index (κ1) is 17.7. The summed E-state index contributed by atoms with van der Waals surface area (Å²) in [6, 6.07) is 5.39. The summed E-state index contributed by atoms with van der Waals surface area (Å²) in [5, 5.41) is 14.3. The summed E-state index contributed by atoms with van der Waals surface area (Å²) < 4.78 is 7.17. The molecule has 136 valence electrons. The molecule has 0 bridgehead atoms. The quantitative estimate of drug-likeness (QED) is 0.707. The predicted molar refractivity (Wildman–Crippen MR) is 96.8 cm³/mol. The number of ether oxygens (including phenoxy) is 1. The van der Waals surface area contributed by atoms with Crippen molar-refractivity contribution in [2.24, 2.45) is 7.05 Å². The molecule has 8 heteroatoms. The summed E-state index contributed by atoms with van der Waals surface area (Å²) in [4.78, 5) is 16.5. The number of aromatic amines is 1. The zero-order chi connectivity index (χ0) is 18.7. The minimum atomic E-state index is -0.224. The van der Waals surface area contributed by atoms with Gasteiger partial charge in [0.25, 0.3) is 5.91 Å². The minimum absolute atomic E-state index is 0.224. The lowest BCUT2D eigenvalue weighted by Gasteiger charge is -2.06. The third-order valence-corrected chi connectivity index (χ3v) is 4.13. The highest BCUT2D eigenvalue weighted by molar-refractivity contribution is 5.93. The third kappa shape index (κ3) is 3.58. The maximum absolute atomic E-state index is 12.4. The molecule has 0 saturated carbocycles. The van der Waals surface area contributed by atoms with E-state index < -0.39 is 0 Å². The van der Waals surface area contributed by atoms with Crippen molar-refractivity contribution in [2.75, 3.05) is 6.61 Å². The average Bonchev–Trinajstić information content (AvgIpc) is 3.18. The number of rotatable bonds is 6. The molecule has 0 aliphatic heterocycles. The molecule has 3 rings (SSSR count). The summed E-state index contributed by atoms with van der Waals surface area (Å²) in [6.45, 7) is 6.73. The molecular formula is C18H22N6O2. The maximum Gasteiger partial charge on any atom is 0.269 e. The van der Waals surface area contributed by atoms with Gasteiger partial charge in [-0.3, -0.25) is 14.6 Å². The van der Waals surface area contributed by atoms with Crippen molar-refractivity contribution in [3.8, 4) is 17.1 Å². The van der Waals surface area contributed by atoms with Crippen LogP contribution in [-0.2, 0) is 13.6 Å². The molecule has 26 heavy (non-hydrogen) atoms. The average molecular weight is 354 g/mol. The zero-order valence-electron chi connectivity index (χ0n) is 15.3. The van der Waals surface area contributed by atoms with Gasteiger partial charge in [-0.2, -0.15) is 10.2 Å². The summed E-state index contributed by atoms with van der Waals surface area (Å²) >= 11 is 0. The first-order valence-corrected chi connectivity index (χ1v) is 8.41. The van der Waals surface area contributed by atoms with Gasteiger partial charge in [-0.15, -0.1) is 0 Å². The van der Waals surface area contributed by atoms with Crippen LogP contribution in [-0.4, -0.2) is 37.5 Å². The van der Waals surface area contributed by atoms with E-state index in [1.165, 1.54) is 0 Å². The highest BCUT2D eigenvalue weighted by Crippen LogP contribution is 2.25. The van der Waals surface area contributed by atoms with E-state index in [1.54, 1.807) is 16.9 Å². The Kier molecular flexibility index (Phi) is 5.01. The van der Waals surface area contributed by atoms with Crippen molar-refractivity contribution >= 4 is 5.91 Å². The van der Waals surface area contributed by atoms with Gasteiger partial charge in [0.05, 0.1) is 18.0 Å². The summed E-state index contributed by atoms with van der Waals surface area (Å²) in [5.41, 5.74) is 4.85. The number of H-pyrrole nitrogens is 1. The van der Waals surface area contributed by atoms with Gasteiger partial charge in [0.2, 0.25) is 5.88 Å². The standard InChI is InChI=1S/C18H22N6O2/c1-5-26-16-8-13(6-7-19-16)10-20-18(25)15-9-14(21-22-15)17-11(2)23-24(4)12(17)3/h6-9H,5,10H2,1-4H3,(H,20,25)(H,21,22). The third-order valence-electron chi connectivity index (χ3n) is 4.13. The van der Waals surface area contributed by atoms with Crippen LogP contribution in [0, 0.1) is 13.8 Å². The Morgan fingerprint density at radius 1 is 1.35 bits per heavy atom. The van der Waals surface area contributed by atoms with Crippen LogP contribution in [0.5, 0.6) is 5.88 Å². The van der Waals surface area contributed by atoms with Gasteiger partial charge in [-0.25, -0.2) is 4.98 Å². The van der Waals surface area contributed by atoms with Gasteiger partial charge in [0, 0.05) is 37.1 Å².